The molecular formula is C18H16ClN3O5. The lowest BCUT2D eigenvalue weighted by molar-refractivity contribution is -0.384. The molecule has 2 rings (SSSR count). The molecule has 0 radical (unpaired) electrons. The SMILES string of the molecule is COc1ccc(NC(=O)C(=Cc2cccc([N+](=O)[O-])c2)NC(C)=O)cc1Cl. The maximum Gasteiger partial charge on any atom is 0.272 e. The maximum atomic E-state index is 12.5. The summed E-state index contributed by atoms with van der Waals surface area (Å²) >= 11 is 6.03. The van der Waals surface area contributed by atoms with Crippen molar-refractivity contribution in [3.8, 4) is 5.75 Å². The molecule has 0 aromatic heterocycles. The number of ether oxygens (including phenoxy) is 1. The number of methoxy groups -OCH3 is 1. The summed E-state index contributed by atoms with van der Waals surface area (Å²) in [5.74, 6) is -0.628. The van der Waals surface area contributed by atoms with Crippen molar-refractivity contribution in [2.24, 2.45) is 0 Å². The van der Waals surface area contributed by atoms with E-state index in [1.54, 1.807) is 18.2 Å². The summed E-state index contributed by atoms with van der Waals surface area (Å²) in [6.07, 6.45) is 1.34. The molecular weight excluding hydrogens is 374 g/mol. The summed E-state index contributed by atoms with van der Waals surface area (Å²) in [7, 11) is 1.47. The molecule has 0 unspecified atom stereocenters. The normalized spacial score (nSPS) is 10.9. The second kappa shape index (κ2) is 8.81. The zero-order valence-corrected chi connectivity index (χ0v) is 15.2. The number of nitro groups is 1. The number of carbonyl (C=O) groups is 2. The number of amides is 2. The molecule has 0 spiro atoms. The molecule has 0 aliphatic rings. The van der Waals surface area contributed by atoms with Crippen LogP contribution in [0.25, 0.3) is 6.08 Å². The van der Waals surface area contributed by atoms with Crippen LogP contribution in [0.2, 0.25) is 5.02 Å². The van der Waals surface area contributed by atoms with Gasteiger partial charge < -0.3 is 15.4 Å². The Bertz CT molecular complexity index is 927. The molecule has 140 valence electrons. The molecule has 0 saturated heterocycles. The number of carbonyl (C=O) groups excluding carboxylic acids is 2. The number of benzene rings is 2. The molecule has 0 bridgehead atoms. The molecule has 8 nitrogen and oxygen atoms in total. The standard InChI is InChI=1S/C18H16ClN3O5/c1-11(23)20-16(9-12-4-3-5-14(8-12)22(25)26)18(24)21-13-6-7-17(27-2)15(19)10-13/h3-10H,1-2H3,(H,20,23)(H,21,24). The fourth-order valence-electron chi connectivity index (χ4n) is 2.19. The highest BCUT2D eigenvalue weighted by Crippen LogP contribution is 2.27. The van der Waals surface area contributed by atoms with Crippen LogP contribution in [-0.2, 0) is 9.59 Å². The Balaban J connectivity index is 2.31. The van der Waals surface area contributed by atoms with Gasteiger partial charge in [0.15, 0.2) is 0 Å². The summed E-state index contributed by atoms with van der Waals surface area (Å²) in [5.41, 5.74) is 0.570. The highest BCUT2D eigenvalue weighted by Gasteiger charge is 2.14. The number of rotatable bonds is 6. The number of anilines is 1. The van der Waals surface area contributed by atoms with Gasteiger partial charge in [-0.25, -0.2) is 0 Å². The van der Waals surface area contributed by atoms with Gasteiger partial charge in [-0.3, -0.25) is 19.7 Å². The lowest BCUT2D eigenvalue weighted by Gasteiger charge is -2.11. The molecule has 2 aromatic rings. The lowest BCUT2D eigenvalue weighted by atomic mass is 10.1. The highest BCUT2D eigenvalue weighted by molar-refractivity contribution is 6.32. The Labute approximate surface area is 159 Å². The van der Waals surface area contributed by atoms with Crippen molar-refractivity contribution in [3.63, 3.8) is 0 Å². The third kappa shape index (κ3) is 5.55. The minimum Gasteiger partial charge on any atom is -0.495 e. The third-order valence-electron chi connectivity index (χ3n) is 3.36. The van der Waals surface area contributed by atoms with Crippen LogP contribution < -0.4 is 15.4 Å². The highest BCUT2D eigenvalue weighted by atomic mass is 35.5. The number of halogens is 1. The van der Waals surface area contributed by atoms with E-state index in [2.05, 4.69) is 10.6 Å². The van der Waals surface area contributed by atoms with Crippen molar-refractivity contribution >= 4 is 40.9 Å². The van der Waals surface area contributed by atoms with Crippen molar-refractivity contribution in [2.45, 2.75) is 6.92 Å². The molecule has 2 amide bonds. The van der Waals surface area contributed by atoms with Gasteiger partial charge in [-0.1, -0.05) is 23.7 Å². The fraction of sp³-hybridized carbons (Fsp3) is 0.111. The van der Waals surface area contributed by atoms with Crippen LogP contribution in [0.5, 0.6) is 5.75 Å². The number of nitro benzene ring substituents is 1. The van der Waals surface area contributed by atoms with Gasteiger partial charge in [0.1, 0.15) is 11.4 Å². The maximum absolute atomic E-state index is 12.5. The van der Waals surface area contributed by atoms with Gasteiger partial charge in [0, 0.05) is 24.7 Å². The first-order valence-corrected chi connectivity index (χ1v) is 8.06. The Hall–Kier alpha value is -3.39. The van der Waals surface area contributed by atoms with E-state index in [0.29, 0.717) is 22.0 Å². The van der Waals surface area contributed by atoms with Gasteiger partial charge in [0.25, 0.3) is 11.6 Å². The molecule has 27 heavy (non-hydrogen) atoms. The van der Waals surface area contributed by atoms with Gasteiger partial charge in [-0.15, -0.1) is 0 Å². The Morgan fingerprint density at radius 1 is 1.22 bits per heavy atom. The molecule has 0 aliphatic carbocycles. The van der Waals surface area contributed by atoms with E-state index in [-0.39, 0.29) is 11.4 Å². The van der Waals surface area contributed by atoms with Gasteiger partial charge >= 0.3 is 0 Å². The van der Waals surface area contributed by atoms with E-state index in [1.807, 2.05) is 0 Å². The topological polar surface area (TPSA) is 111 Å². The first kappa shape index (κ1) is 19.9. The Morgan fingerprint density at radius 3 is 2.56 bits per heavy atom. The summed E-state index contributed by atoms with van der Waals surface area (Å²) < 4.78 is 5.05. The number of non-ortho nitro benzene ring substituents is 1. The van der Waals surface area contributed by atoms with Crippen molar-refractivity contribution < 1.29 is 19.2 Å². The van der Waals surface area contributed by atoms with Crippen molar-refractivity contribution in [2.75, 3.05) is 12.4 Å². The minimum atomic E-state index is -0.613. The van der Waals surface area contributed by atoms with E-state index >= 15 is 0 Å². The summed E-state index contributed by atoms with van der Waals surface area (Å²) in [6.45, 7) is 1.25. The first-order valence-electron chi connectivity index (χ1n) is 7.69. The summed E-state index contributed by atoms with van der Waals surface area (Å²) in [4.78, 5) is 34.3. The minimum absolute atomic E-state index is 0.0741. The molecule has 0 fully saturated rings. The van der Waals surface area contributed by atoms with Gasteiger partial charge in [0.2, 0.25) is 5.91 Å². The van der Waals surface area contributed by atoms with Crippen LogP contribution in [0.15, 0.2) is 48.2 Å². The Kier molecular flexibility index (Phi) is 6.51. The molecule has 0 aliphatic heterocycles. The van der Waals surface area contributed by atoms with E-state index in [9.17, 15) is 19.7 Å². The van der Waals surface area contributed by atoms with Crippen LogP contribution in [-0.4, -0.2) is 23.8 Å². The van der Waals surface area contributed by atoms with Crippen LogP contribution in [0.3, 0.4) is 0 Å². The monoisotopic (exact) mass is 389 g/mol. The number of hydrogen-bond acceptors (Lipinski definition) is 5. The number of nitrogens with one attached hydrogen (secondary N) is 2. The quantitative estimate of drug-likeness (QED) is 0.447. The average molecular weight is 390 g/mol. The van der Waals surface area contributed by atoms with Gasteiger partial charge in [-0.05, 0) is 29.8 Å². The zero-order valence-electron chi connectivity index (χ0n) is 14.5. The Morgan fingerprint density at radius 2 is 1.96 bits per heavy atom. The van der Waals surface area contributed by atoms with E-state index in [0.717, 1.165) is 0 Å². The van der Waals surface area contributed by atoms with Crippen LogP contribution in [0.1, 0.15) is 12.5 Å². The fourth-order valence-corrected chi connectivity index (χ4v) is 2.44. The largest absolute Gasteiger partial charge is 0.495 e. The predicted molar refractivity (Wildman–Crippen MR) is 102 cm³/mol. The van der Waals surface area contributed by atoms with Crippen molar-refractivity contribution in [1.82, 2.24) is 5.32 Å². The van der Waals surface area contributed by atoms with Crippen LogP contribution >= 0.6 is 11.6 Å². The van der Waals surface area contributed by atoms with E-state index in [1.165, 1.54) is 44.4 Å². The number of hydrogen-bond donors (Lipinski definition) is 2. The van der Waals surface area contributed by atoms with Crippen LogP contribution in [0, 0.1) is 10.1 Å². The number of nitrogens with zero attached hydrogens (tertiary/aromatic N) is 1. The van der Waals surface area contributed by atoms with Crippen molar-refractivity contribution in [3.05, 3.63) is 68.9 Å². The van der Waals surface area contributed by atoms with Crippen molar-refractivity contribution in [1.29, 1.82) is 0 Å². The molecule has 0 saturated carbocycles. The lowest BCUT2D eigenvalue weighted by Crippen LogP contribution is -2.28. The van der Waals surface area contributed by atoms with Gasteiger partial charge in [0.05, 0.1) is 17.1 Å². The summed E-state index contributed by atoms with van der Waals surface area (Å²) in [6, 6.07) is 10.3. The average Bonchev–Trinajstić information content (AvgIpc) is 2.61. The summed E-state index contributed by atoms with van der Waals surface area (Å²) in [5, 5.41) is 16.2. The molecule has 0 atom stereocenters. The molecule has 9 heteroatoms. The zero-order chi connectivity index (χ0) is 20.0. The predicted octanol–water partition coefficient (Wildman–Crippen LogP) is 3.37. The van der Waals surface area contributed by atoms with E-state index in [4.69, 9.17) is 16.3 Å². The van der Waals surface area contributed by atoms with Gasteiger partial charge in [-0.2, -0.15) is 0 Å². The smallest absolute Gasteiger partial charge is 0.272 e. The van der Waals surface area contributed by atoms with Crippen LogP contribution in [0.4, 0.5) is 11.4 Å². The first-order chi connectivity index (χ1) is 12.8. The molecule has 2 N–H and O–H groups in total. The molecule has 0 heterocycles. The van der Waals surface area contributed by atoms with E-state index < -0.39 is 16.7 Å². The third-order valence-corrected chi connectivity index (χ3v) is 3.65. The molecule has 2 aromatic carbocycles. The second-order valence-corrected chi connectivity index (χ2v) is 5.80. The second-order valence-electron chi connectivity index (χ2n) is 5.39.